The average molecular weight is 373 g/mol. The van der Waals surface area contributed by atoms with Crippen LogP contribution in [0.1, 0.15) is 5.69 Å². The Hall–Kier alpha value is -3.87. The van der Waals surface area contributed by atoms with E-state index in [1.54, 1.807) is 37.6 Å². The predicted molar refractivity (Wildman–Crippen MR) is 109 cm³/mol. The second-order valence-corrected chi connectivity index (χ2v) is 6.22. The Morgan fingerprint density at radius 1 is 1.04 bits per heavy atom. The minimum atomic E-state index is -0.323. The Balaban J connectivity index is 1.53. The van der Waals surface area contributed by atoms with E-state index in [2.05, 4.69) is 20.6 Å². The maximum absolute atomic E-state index is 12.3. The van der Waals surface area contributed by atoms with Crippen molar-refractivity contribution in [2.45, 2.75) is 6.92 Å². The van der Waals surface area contributed by atoms with Crippen molar-refractivity contribution in [3.8, 4) is 17.0 Å². The molecule has 7 heteroatoms. The van der Waals surface area contributed by atoms with Crippen molar-refractivity contribution >= 4 is 23.2 Å². The van der Waals surface area contributed by atoms with Crippen molar-refractivity contribution in [1.82, 2.24) is 14.4 Å². The van der Waals surface area contributed by atoms with Crippen LogP contribution < -0.4 is 15.4 Å². The molecule has 0 saturated carbocycles. The van der Waals surface area contributed by atoms with Gasteiger partial charge in [0.05, 0.1) is 12.8 Å². The van der Waals surface area contributed by atoms with Crippen molar-refractivity contribution in [1.29, 1.82) is 0 Å². The lowest BCUT2D eigenvalue weighted by Crippen LogP contribution is -2.19. The molecule has 0 unspecified atom stereocenters. The molecule has 2 aromatic carbocycles. The highest BCUT2D eigenvalue weighted by molar-refractivity contribution is 6.00. The molecule has 0 radical (unpaired) electrons. The molecule has 28 heavy (non-hydrogen) atoms. The SMILES string of the molecule is COc1ccc(NC(=O)Nc2cccc(-c3nc4ncccn4c3C)c2)cc1. The quantitative estimate of drug-likeness (QED) is 0.557. The molecular formula is C21H19N5O2. The van der Waals surface area contributed by atoms with Gasteiger partial charge in [-0.1, -0.05) is 12.1 Å². The van der Waals surface area contributed by atoms with E-state index < -0.39 is 0 Å². The van der Waals surface area contributed by atoms with E-state index in [0.717, 1.165) is 22.7 Å². The first kappa shape index (κ1) is 17.5. The number of carbonyl (C=O) groups is 1. The highest BCUT2D eigenvalue weighted by Crippen LogP contribution is 2.25. The Morgan fingerprint density at radius 2 is 1.82 bits per heavy atom. The van der Waals surface area contributed by atoms with Crippen molar-refractivity contribution in [3.63, 3.8) is 0 Å². The first-order valence-electron chi connectivity index (χ1n) is 8.76. The lowest BCUT2D eigenvalue weighted by molar-refractivity contribution is 0.262. The summed E-state index contributed by atoms with van der Waals surface area (Å²) in [5.41, 5.74) is 4.08. The van der Waals surface area contributed by atoms with Crippen molar-refractivity contribution in [2.75, 3.05) is 17.7 Å². The van der Waals surface area contributed by atoms with E-state index >= 15 is 0 Å². The van der Waals surface area contributed by atoms with E-state index in [-0.39, 0.29) is 6.03 Å². The Bertz CT molecular complexity index is 1140. The highest BCUT2D eigenvalue weighted by Gasteiger charge is 2.12. The number of urea groups is 1. The van der Waals surface area contributed by atoms with E-state index in [4.69, 9.17) is 4.74 Å². The van der Waals surface area contributed by atoms with Crippen LogP contribution in [0, 0.1) is 6.92 Å². The number of aromatic nitrogens is 3. The smallest absolute Gasteiger partial charge is 0.323 e. The number of rotatable bonds is 4. The fourth-order valence-corrected chi connectivity index (χ4v) is 2.99. The number of nitrogens with one attached hydrogen (secondary N) is 2. The van der Waals surface area contributed by atoms with Crippen molar-refractivity contribution < 1.29 is 9.53 Å². The normalized spacial score (nSPS) is 10.6. The third kappa shape index (κ3) is 3.50. The fourth-order valence-electron chi connectivity index (χ4n) is 2.99. The predicted octanol–water partition coefficient (Wildman–Crippen LogP) is 4.36. The zero-order chi connectivity index (χ0) is 19.5. The number of methoxy groups -OCH3 is 1. The van der Waals surface area contributed by atoms with Crippen LogP contribution in [0.5, 0.6) is 5.75 Å². The highest BCUT2D eigenvalue weighted by atomic mass is 16.5. The van der Waals surface area contributed by atoms with Crippen LogP contribution >= 0.6 is 0 Å². The largest absolute Gasteiger partial charge is 0.497 e. The number of hydrogen-bond acceptors (Lipinski definition) is 4. The van der Waals surface area contributed by atoms with Crippen LogP contribution in [-0.2, 0) is 0 Å². The summed E-state index contributed by atoms with van der Waals surface area (Å²) in [7, 11) is 1.60. The number of fused-ring (bicyclic) bond motifs is 1. The van der Waals surface area contributed by atoms with Gasteiger partial charge in [-0.05, 0) is 49.4 Å². The zero-order valence-electron chi connectivity index (χ0n) is 15.5. The molecule has 0 atom stereocenters. The van der Waals surface area contributed by atoms with E-state index in [9.17, 15) is 4.79 Å². The first-order valence-corrected chi connectivity index (χ1v) is 8.76. The maximum Gasteiger partial charge on any atom is 0.323 e. The number of ether oxygens (including phenoxy) is 1. The molecule has 0 bridgehead atoms. The molecule has 4 rings (SSSR count). The van der Waals surface area contributed by atoms with Crippen LogP contribution in [0.3, 0.4) is 0 Å². The second kappa shape index (κ2) is 7.40. The van der Waals surface area contributed by atoms with Gasteiger partial charge in [-0.3, -0.25) is 4.40 Å². The summed E-state index contributed by atoms with van der Waals surface area (Å²) < 4.78 is 7.05. The van der Waals surface area contributed by atoms with Crippen molar-refractivity contribution in [3.05, 3.63) is 72.7 Å². The summed E-state index contributed by atoms with van der Waals surface area (Å²) in [5.74, 6) is 1.38. The zero-order valence-corrected chi connectivity index (χ0v) is 15.5. The summed E-state index contributed by atoms with van der Waals surface area (Å²) in [6.45, 7) is 1.99. The lowest BCUT2D eigenvalue weighted by atomic mass is 10.1. The first-order chi connectivity index (χ1) is 13.6. The van der Waals surface area contributed by atoms with Crippen molar-refractivity contribution in [2.24, 2.45) is 0 Å². The molecule has 2 heterocycles. The molecule has 7 nitrogen and oxygen atoms in total. The molecule has 2 aromatic heterocycles. The van der Waals surface area contributed by atoms with Gasteiger partial charge in [0.2, 0.25) is 5.78 Å². The summed E-state index contributed by atoms with van der Waals surface area (Å²) in [4.78, 5) is 21.2. The number of nitrogens with zero attached hydrogens (tertiary/aromatic N) is 3. The minimum Gasteiger partial charge on any atom is -0.497 e. The number of anilines is 2. The molecule has 0 aliphatic heterocycles. The monoisotopic (exact) mass is 373 g/mol. The van der Waals surface area contributed by atoms with E-state index in [1.165, 1.54) is 0 Å². The Labute approximate surface area is 162 Å². The van der Waals surface area contributed by atoms with E-state index in [0.29, 0.717) is 17.2 Å². The number of carbonyl (C=O) groups excluding carboxylic acids is 1. The van der Waals surface area contributed by atoms with Gasteiger partial charge in [0.25, 0.3) is 0 Å². The van der Waals surface area contributed by atoms with Gasteiger partial charge in [0, 0.05) is 35.0 Å². The summed E-state index contributed by atoms with van der Waals surface area (Å²) >= 11 is 0. The minimum absolute atomic E-state index is 0.323. The molecular weight excluding hydrogens is 354 g/mol. The number of hydrogen-bond donors (Lipinski definition) is 2. The van der Waals surface area contributed by atoms with Crippen LogP contribution in [0.4, 0.5) is 16.2 Å². The molecule has 4 aromatic rings. The average Bonchev–Trinajstić information content (AvgIpc) is 3.06. The molecule has 2 N–H and O–H groups in total. The third-order valence-corrected chi connectivity index (χ3v) is 4.38. The molecule has 2 amide bonds. The number of aryl methyl sites for hydroxylation is 1. The van der Waals surface area contributed by atoms with Crippen LogP contribution in [0.25, 0.3) is 17.0 Å². The Morgan fingerprint density at radius 3 is 2.57 bits per heavy atom. The molecule has 0 fully saturated rings. The van der Waals surface area contributed by atoms with Gasteiger partial charge >= 0.3 is 6.03 Å². The third-order valence-electron chi connectivity index (χ3n) is 4.38. The van der Waals surface area contributed by atoms with Crippen LogP contribution in [0.15, 0.2) is 67.0 Å². The maximum atomic E-state index is 12.3. The molecule has 140 valence electrons. The van der Waals surface area contributed by atoms with Gasteiger partial charge in [-0.2, -0.15) is 0 Å². The van der Waals surface area contributed by atoms with Gasteiger partial charge in [-0.25, -0.2) is 14.8 Å². The van der Waals surface area contributed by atoms with Crippen LogP contribution in [0.2, 0.25) is 0 Å². The van der Waals surface area contributed by atoms with Gasteiger partial charge in [-0.15, -0.1) is 0 Å². The van der Waals surface area contributed by atoms with Gasteiger partial charge < -0.3 is 15.4 Å². The van der Waals surface area contributed by atoms with Gasteiger partial charge in [0.15, 0.2) is 0 Å². The molecule has 0 spiro atoms. The number of amides is 2. The standard InChI is InChI=1S/C21H19N5O2/c1-14-19(25-20-22-11-4-12-26(14)20)15-5-3-6-17(13-15)24-21(27)23-16-7-9-18(28-2)10-8-16/h3-13H,1-2H3,(H2,23,24,27). The fraction of sp³-hybridized carbons (Fsp3) is 0.0952. The molecule has 0 aliphatic rings. The molecule has 0 saturated heterocycles. The lowest BCUT2D eigenvalue weighted by Gasteiger charge is -2.09. The van der Waals surface area contributed by atoms with Crippen LogP contribution in [-0.4, -0.2) is 27.5 Å². The van der Waals surface area contributed by atoms with E-state index in [1.807, 2.05) is 47.9 Å². The van der Waals surface area contributed by atoms with Gasteiger partial charge in [0.1, 0.15) is 5.75 Å². The number of imidazole rings is 1. The molecule has 0 aliphatic carbocycles. The summed E-state index contributed by atoms with van der Waals surface area (Å²) in [5, 5.41) is 5.65. The number of benzene rings is 2. The second-order valence-electron chi connectivity index (χ2n) is 6.22. The Kier molecular flexibility index (Phi) is 4.63. The topological polar surface area (TPSA) is 80.5 Å². The summed E-state index contributed by atoms with van der Waals surface area (Å²) in [6, 6.07) is 16.2. The summed E-state index contributed by atoms with van der Waals surface area (Å²) in [6.07, 6.45) is 3.64.